The minimum atomic E-state index is -3.61. The van der Waals surface area contributed by atoms with Crippen molar-refractivity contribution in [1.29, 1.82) is 0 Å². The summed E-state index contributed by atoms with van der Waals surface area (Å²) in [5.74, 6) is -0.511. The number of rotatable bonds is 8. The number of sulfone groups is 2. The van der Waals surface area contributed by atoms with Crippen molar-refractivity contribution in [3.05, 3.63) is 48.5 Å². The van der Waals surface area contributed by atoms with Crippen molar-refractivity contribution in [2.45, 2.75) is 10.3 Å². The smallest absolute Gasteiger partial charge is 0.404 e. The van der Waals surface area contributed by atoms with E-state index in [1.807, 2.05) is 0 Å². The molecule has 3 rings (SSSR count). The lowest BCUT2D eigenvalue weighted by Gasteiger charge is -2.11. The number of benzene rings is 1. The van der Waals surface area contributed by atoms with Crippen molar-refractivity contribution in [2.75, 3.05) is 25.6 Å². The summed E-state index contributed by atoms with van der Waals surface area (Å²) in [5.41, 5.74) is 1.93. The summed E-state index contributed by atoms with van der Waals surface area (Å²) in [6.45, 7) is 0.0260. The van der Waals surface area contributed by atoms with Crippen molar-refractivity contribution in [3.8, 4) is 22.3 Å². The highest BCUT2D eigenvalue weighted by molar-refractivity contribution is 7.90. The maximum atomic E-state index is 12.7. The summed E-state index contributed by atoms with van der Waals surface area (Å²) in [6, 6.07) is 4.70. The van der Waals surface area contributed by atoms with Crippen molar-refractivity contribution >= 4 is 31.7 Å². The molecule has 0 spiro atoms. The predicted molar refractivity (Wildman–Crippen MR) is 123 cm³/mol. The molecule has 0 aliphatic heterocycles. The molecular weight excluding hydrogens is 500 g/mol. The zero-order chi connectivity index (χ0) is 25.8. The summed E-state index contributed by atoms with van der Waals surface area (Å²) in [6.07, 6.45) is 5.91. The van der Waals surface area contributed by atoms with E-state index in [0.29, 0.717) is 22.3 Å². The van der Waals surface area contributed by atoms with Crippen LogP contribution in [0.2, 0.25) is 0 Å². The van der Waals surface area contributed by atoms with Gasteiger partial charge in [-0.3, -0.25) is 4.79 Å². The summed E-state index contributed by atoms with van der Waals surface area (Å²) in [7, 11) is -7.22. The molecule has 2 amide bonds. The Balaban J connectivity index is 2.02. The Morgan fingerprint density at radius 3 is 1.49 bits per heavy atom. The zero-order valence-corrected chi connectivity index (χ0v) is 20.1. The monoisotopic (exact) mass is 520 g/mol. The summed E-state index contributed by atoms with van der Waals surface area (Å²) in [5, 5.41) is 12.6. The summed E-state index contributed by atoms with van der Waals surface area (Å²) >= 11 is 0. The van der Waals surface area contributed by atoms with E-state index in [4.69, 9.17) is 5.11 Å². The molecule has 2 aromatic heterocycles. The minimum Gasteiger partial charge on any atom is -0.465 e. The molecule has 13 nitrogen and oxygen atoms in total. The second kappa shape index (κ2) is 10.1. The molecule has 0 bridgehead atoms. The van der Waals surface area contributed by atoms with Crippen LogP contribution in [0.25, 0.3) is 22.3 Å². The van der Waals surface area contributed by atoms with Gasteiger partial charge in [0.2, 0.25) is 30.0 Å². The lowest BCUT2D eigenvalue weighted by molar-refractivity contribution is 0.0953. The molecule has 35 heavy (non-hydrogen) atoms. The predicted octanol–water partition coefficient (Wildman–Crippen LogP) is 0.405. The van der Waals surface area contributed by atoms with Crippen LogP contribution in [0.4, 0.5) is 4.79 Å². The number of hydrogen-bond donors (Lipinski definition) is 3. The first-order chi connectivity index (χ1) is 16.3. The molecule has 15 heteroatoms. The first kappa shape index (κ1) is 25.6. The van der Waals surface area contributed by atoms with E-state index in [9.17, 15) is 26.4 Å². The Morgan fingerprint density at radius 1 is 0.714 bits per heavy atom. The topological polar surface area (TPSA) is 198 Å². The lowest BCUT2D eigenvalue weighted by Crippen LogP contribution is -2.33. The molecule has 0 atom stereocenters. The summed E-state index contributed by atoms with van der Waals surface area (Å²) in [4.78, 5) is 38.7. The quantitative estimate of drug-likeness (QED) is 0.274. The van der Waals surface area contributed by atoms with E-state index >= 15 is 0 Å². The molecule has 3 N–H and O–H groups in total. The molecule has 0 fully saturated rings. The molecule has 1 aromatic carbocycles. The zero-order valence-electron chi connectivity index (χ0n) is 18.5. The Morgan fingerprint density at radius 2 is 1.11 bits per heavy atom. The molecule has 184 valence electrons. The van der Waals surface area contributed by atoms with E-state index < -0.39 is 31.7 Å². The second-order valence-electron chi connectivity index (χ2n) is 7.34. The van der Waals surface area contributed by atoms with Crippen LogP contribution in [0.15, 0.2) is 53.3 Å². The van der Waals surface area contributed by atoms with E-state index in [1.54, 1.807) is 6.07 Å². The molecule has 0 saturated heterocycles. The fourth-order valence-corrected chi connectivity index (χ4v) is 3.83. The standard InChI is InChI=1S/C20H20N6O7S2/c1-34(30,31)18-23-8-15(9-24-18)12-5-13(16-10-25-19(26-11-16)35(2,32)33)7-14(6-12)17(27)21-3-4-22-20(28)29/h5-11,22H,3-4H2,1-2H3,(H,21,27)(H,28,29). The van der Waals surface area contributed by atoms with Crippen LogP contribution in [0.3, 0.4) is 0 Å². The number of nitrogens with zero attached hydrogens (tertiary/aromatic N) is 4. The van der Waals surface area contributed by atoms with Crippen LogP contribution in [0.1, 0.15) is 10.4 Å². The Labute approximate surface area is 200 Å². The van der Waals surface area contributed by atoms with Gasteiger partial charge in [0, 0.05) is 67.1 Å². The van der Waals surface area contributed by atoms with Crippen LogP contribution in [-0.4, -0.2) is 79.5 Å². The van der Waals surface area contributed by atoms with Crippen molar-refractivity contribution in [3.63, 3.8) is 0 Å². The van der Waals surface area contributed by atoms with Gasteiger partial charge in [0.05, 0.1) is 0 Å². The molecule has 0 aliphatic carbocycles. The van der Waals surface area contributed by atoms with Crippen molar-refractivity contribution in [1.82, 2.24) is 30.6 Å². The second-order valence-corrected chi connectivity index (χ2v) is 11.2. The van der Waals surface area contributed by atoms with Gasteiger partial charge in [0.25, 0.3) is 5.91 Å². The van der Waals surface area contributed by atoms with Gasteiger partial charge in [-0.05, 0) is 29.3 Å². The Bertz CT molecular complexity index is 1380. The maximum Gasteiger partial charge on any atom is 0.404 e. The van der Waals surface area contributed by atoms with Gasteiger partial charge < -0.3 is 15.7 Å². The van der Waals surface area contributed by atoms with Crippen LogP contribution in [0.5, 0.6) is 0 Å². The highest BCUT2D eigenvalue weighted by Gasteiger charge is 2.16. The largest absolute Gasteiger partial charge is 0.465 e. The van der Waals surface area contributed by atoms with E-state index in [-0.39, 0.29) is 29.0 Å². The number of amides is 2. The van der Waals surface area contributed by atoms with Gasteiger partial charge in [0.1, 0.15) is 0 Å². The van der Waals surface area contributed by atoms with Gasteiger partial charge in [-0.15, -0.1) is 0 Å². The average Bonchev–Trinajstić information content (AvgIpc) is 2.80. The first-order valence-corrected chi connectivity index (χ1v) is 13.6. The van der Waals surface area contributed by atoms with E-state index in [2.05, 4.69) is 30.6 Å². The number of aromatic nitrogens is 4. The highest BCUT2D eigenvalue weighted by atomic mass is 32.2. The van der Waals surface area contributed by atoms with Crippen molar-refractivity contribution in [2.24, 2.45) is 0 Å². The number of nitrogens with one attached hydrogen (secondary N) is 2. The Hall–Kier alpha value is -3.98. The molecule has 0 aliphatic rings. The van der Waals surface area contributed by atoms with E-state index in [0.717, 1.165) is 12.5 Å². The lowest BCUT2D eigenvalue weighted by atomic mass is 9.98. The number of carboxylic acid groups (broad SMARTS) is 1. The van der Waals surface area contributed by atoms with Gasteiger partial charge in [0.15, 0.2) is 0 Å². The molecule has 0 saturated carbocycles. The van der Waals surface area contributed by atoms with Gasteiger partial charge >= 0.3 is 6.09 Å². The maximum absolute atomic E-state index is 12.7. The first-order valence-electron chi connectivity index (χ1n) is 9.79. The van der Waals surface area contributed by atoms with Crippen molar-refractivity contribution < 1.29 is 31.5 Å². The molecule has 2 heterocycles. The van der Waals surface area contributed by atoms with Gasteiger partial charge in [-0.1, -0.05) is 0 Å². The number of carbonyl (C=O) groups excluding carboxylic acids is 1. The molecule has 0 radical (unpaired) electrons. The van der Waals surface area contributed by atoms with Gasteiger partial charge in [-0.2, -0.15) is 0 Å². The van der Waals surface area contributed by atoms with Crippen LogP contribution < -0.4 is 10.6 Å². The third-order valence-corrected chi connectivity index (χ3v) is 6.22. The van der Waals surface area contributed by atoms with Crippen LogP contribution >= 0.6 is 0 Å². The fraction of sp³-hybridized carbons (Fsp3) is 0.200. The third-order valence-electron chi connectivity index (χ3n) is 4.47. The normalized spacial score (nSPS) is 11.6. The van der Waals surface area contributed by atoms with E-state index in [1.165, 1.54) is 36.9 Å². The number of hydrogen-bond acceptors (Lipinski definition) is 10. The molecule has 3 aromatic rings. The third kappa shape index (κ3) is 6.77. The fourth-order valence-electron chi connectivity index (χ4n) is 2.85. The Kier molecular flexibility index (Phi) is 7.40. The summed E-state index contributed by atoms with van der Waals surface area (Å²) < 4.78 is 46.6. The number of carbonyl (C=O) groups is 2. The van der Waals surface area contributed by atoms with Crippen LogP contribution in [0, 0.1) is 0 Å². The van der Waals surface area contributed by atoms with Gasteiger partial charge in [-0.25, -0.2) is 41.6 Å². The molecular formula is C20H20N6O7S2. The van der Waals surface area contributed by atoms with Crippen LogP contribution in [-0.2, 0) is 19.7 Å². The minimum absolute atomic E-state index is 0.00475. The highest BCUT2D eigenvalue weighted by Crippen LogP contribution is 2.28. The molecule has 0 unspecified atom stereocenters. The average molecular weight is 521 g/mol. The SMILES string of the molecule is CS(=O)(=O)c1ncc(-c2cc(C(=O)NCCNC(=O)O)cc(-c3cnc(S(C)(=O)=O)nc3)c2)cn1.